The van der Waals surface area contributed by atoms with Crippen LogP contribution in [0.25, 0.3) is 0 Å². The Kier molecular flexibility index (Phi) is 2.88. The molecule has 0 aromatic heterocycles. The average molecular weight is 230 g/mol. The molecule has 1 aromatic rings. The lowest BCUT2D eigenvalue weighted by atomic mass is 9.57. The van der Waals surface area contributed by atoms with Gasteiger partial charge in [0.05, 0.1) is 0 Å². The SMILES string of the molecule is CC[C@@H]1CC(C)(C)c2ccc(C)cc2C1(C)C. The zero-order valence-electron chi connectivity index (χ0n) is 12.2. The van der Waals surface area contributed by atoms with E-state index in [0.29, 0.717) is 10.8 Å². The first-order valence-corrected chi connectivity index (χ1v) is 6.90. The number of rotatable bonds is 1. The predicted octanol–water partition coefficient (Wildman–Crippen LogP) is 4.98. The van der Waals surface area contributed by atoms with Gasteiger partial charge in [-0.25, -0.2) is 0 Å². The van der Waals surface area contributed by atoms with Gasteiger partial charge >= 0.3 is 0 Å². The fourth-order valence-corrected chi connectivity index (χ4v) is 3.64. The van der Waals surface area contributed by atoms with Crippen molar-refractivity contribution in [3.05, 3.63) is 34.9 Å². The highest BCUT2D eigenvalue weighted by Gasteiger charge is 2.42. The molecule has 17 heavy (non-hydrogen) atoms. The van der Waals surface area contributed by atoms with Gasteiger partial charge in [-0.3, -0.25) is 0 Å². The molecule has 0 bridgehead atoms. The van der Waals surface area contributed by atoms with Gasteiger partial charge in [0.1, 0.15) is 0 Å². The van der Waals surface area contributed by atoms with Crippen LogP contribution in [-0.2, 0) is 10.8 Å². The molecule has 0 saturated heterocycles. The van der Waals surface area contributed by atoms with Crippen LogP contribution in [0.4, 0.5) is 0 Å². The summed E-state index contributed by atoms with van der Waals surface area (Å²) in [4.78, 5) is 0. The van der Waals surface area contributed by atoms with E-state index in [4.69, 9.17) is 0 Å². The molecule has 2 rings (SSSR count). The number of fused-ring (bicyclic) bond motifs is 1. The average Bonchev–Trinajstić information content (AvgIpc) is 2.24. The van der Waals surface area contributed by atoms with E-state index in [9.17, 15) is 0 Å². The highest BCUT2D eigenvalue weighted by molar-refractivity contribution is 5.44. The van der Waals surface area contributed by atoms with Gasteiger partial charge in [-0.15, -0.1) is 0 Å². The molecular weight excluding hydrogens is 204 g/mol. The summed E-state index contributed by atoms with van der Waals surface area (Å²) in [5, 5.41) is 0. The van der Waals surface area contributed by atoms with Crippen LogP contribution in [0.5, 0.6) is 0 Å². The van der Waals surface area contributed by atoms with Gasteiger partial charge in [0.25, 0.3) is 0 Å². The van der Waals surface area contributed by atoms with Gasteiger partial charge < -0.3 is 0 Å². The summed E-state index contributed by atoms with van der Waals surface area (Å²) in [7, 11) is 0. The van der Waals surface area contributed by atoms with Crippen molar-refractivity contribution in [2.45, 2.75) is 65.2 Å². The molecule has 0 heterocycles. The Labute approximate surface area is 106 Å². The van der Waals surface area contributed by atoms with E-state index in [0.717, 1.165) is 5.92 Å². The van der Waals surface area contributed by atoms with Crippen molar-refractivity contribution in [2.24, 2.45) is 5.92 Å². The number of aryl methyl sites for hydroxylation is 1. The maximum absolute atomic E-state index is 2.43. The van der Waals surface area contributed by atoms with E-state index in [2.05, 4.69) is 59.7 Å². The molecule has 1 aliphatic rings. The largest absolute Gasteiger partial charge is 0.0651 e. The molecule has 0 amide bonds. The van der Waals surface area contributed by atoms with Gasteiger partial charge in [0.2, 0.25) is 0 Å². The molecule has 0 N–H and O–H groups in total. The molecule has 0 nitrogen and oxygen atoms in total. The molecule has 0 unspecified atom stereocenters. The van der Waals surface area contributed by atoms with Crippen molar-refractivity contribution in [1.29, 1.82) is 0 Å². The molecule has 94 valence electrons. The second-order valence-electron chi connectivity index (χ2n) is 6.96. The van der Waals surface area contributed by atoms with Gasteiger partial charge in [-0.1, -0.05) is 64.8 Å². The minimum atomic E-state index is 0.325. The van der Waals surface area contributed by atoms with Crippen molar-refractivity contribution in [3.63, 3.8) is 0 Å². The first kappa shape index (κ1) is 12.7. The van der Waals surface area contributed by atoms with Gasteiger partial charge in [-0.2, -0.15) is 0 Å². The zero-order chi connectivity index (χ0) is 12.8. The Bertz CT molecular complexity index is 424. The van der Waals surface area contributed by atoms with E-state index < -0.39 is 0 Å². The Morgan fingerprint density at radius 3 is 2.35 bits per heavy atom. The zero-order valence-corrected chi connectivity index (χ0v) is 12.2. The summed E-state index contributed by atoms with van der Waals surface area (Å²) in [5.74, 6) is 0.798. The monoisotopic (exact) mass is 230 g/mol. The van der Waals surface area contributed by atoms with E-state index in [1.165, 1.54) is 18.4 Å². The summed E-state index contributed by atoms with van der Waals surface area (Å²) in [6.45, 7) is 14.2. The maximum atomic E-state index is 2.43. The Morgan fingerprint density at radius 2 is 1.76 bits per heavy atom. The molecule has 0 aliphatic heterocycles. The lowest BCUT2D eigenvalue weighted by molar-refractivity contribution is 0.209. The Balaban J connectivity index is 2.64. The molecule has 1 aliphatic carbocycles. The molecule has 1 atom stereocenters. The second kappa shape index (κ2) is 3.86. The minimum Gasteiger partial charge on any atom is -0.0651 e. The third-order valence-corrected chi connectivity index (χ3v) is 4.87. The van der Waals surface area contributed by atoms with E-state index in [-0.39, 0.29) is 0 Å². The fourth-order valence-electron chi connectivity index (χ4n) is 3.64. The summed E-state index contributed by atoms with van der Waals surface area (Å²) in [5.41, 5.74) is 5.20. The van der Waals surface area contributed by atoms with Crippen LogP contribution in [0.1, 0.15) is 64.2 Å². The predicted molar refractivity (Wildman–Crippen MR) is 75.6 cm³/mol. The van der Waals surface area contributed by atoms with E-state index in [1.54, 1.807) is 11.1 Å². The molecule has 0 fully saturated rings. The second-order valence-corrected chi connectivity index (χ2v) is 6.96. The lowest BCUT2D eigenvalue weighted by Crippen LogP contribution is -2.41. The Hall–Kier alpha value is -0.780. The lowest BCUT2D eigenvalue weighted by Gasteiger charge is -2.47. The highest BCUT2D eigenvalue weighted by atomic mass is 14.5. The molecule has 0 spiro atoms. The van der Waals surface area contributed by atoms with Gasteiger partial charge in [0.15, 0.2) is 0 Å². The van der Waals surface area contributed by atoms with Crippen molar-refractivity contribution in [1.82, 2.24) is 0 Å². The summed E-state index contributed by atoms with van der Waals surface area (Å²) in [6.07, 6.45) is 2.59. The van der Waals surface area contributed by atoms with E-state index in [1.807, 2.05) is 0 Å². The summed E-state index contributed by atoms with van der Waals surface area (Å²) in [6, 6.07) is 7.04. The molecular formula is C17H26. The highest BCUT2D eigenvalue weighted by Crippen LogP contribution is 2.50. The standard InChI is InChI=1S/C17H26/c1-7-13-11-16(3,4)14-9-8-12(2)10-15(14)17(13,5)6/h8-10,13H,7,11H2,1-6H3/t13-/m1/s1. The van der Waals surface area contributed by atoms with Crippen LogP contribution < -0.4 is 0 Å². The van der Waals surface area contributed by atoms with Crippen molar-refractivity contribution < 1.29 is 0 Å². The molecule has 0 saturated carbocycles. The summed E-state index contributed by atoms with van der Waals surface area (Å²) >= 11 is 0. The van der Waals surface area contributed by atoms with Crippen LogP contribution in [0.2, 0.25) is 0 Å². The smallest absolute Gasteiger partial charge is 0.00721 e. The number of benzene rings is 1. The van der Waals surface area contributed by atoms with Crippen LogP contribution in [-0.4, -0.2) is 0 Å². The fraction of sp³-hybridized carbons (Fsp3) is 0.647. The number of hydrogen-bond acceptors (Lipinski definition) is 0. The Morgan fingerprint density at radius 1 is 1.12 bits per heavy atom. The molecule has 0 heteroatoms. The van der Waals surface area contributed by atoms with Crippen LogP contribution in [0.3, 0.4) is 0 Å². The van der Waals surface area contributed by atoms with Crippen LogP contribution >= 0.6 is 0 Å². The van der Waals surface area contributed by atoms with Crippen molar-refractivity contribution in [3.8, 4) is 0 Å². The third kappa shape index (κ3) is 1.92. The quantitative estimate of drug-likeness (QED) is 0.638. The maximum Gasteiger partial charge on any atom is -0.00721 e. The number of hydrogen-bond donors (Lipinski definition) is 0. The normalized spacial score (nSPS) is 25.4. The third-order valence-electron chi connectivity index (χ3n) is 4.87. The van der Waals surface area contributed by atoms with E-state index >= 15 is 0 Å². The first-order valence-electron chi connectivity index (χ1n) is 6.90. The van der Waals surface area contributed by atoms with Gasteiger partial charge in [0, 0.05) is 0 Å². The van der Waals surface area contributed by atoms with Gasteiger partial charge in [-0.05, 0) is 41.2 Å². The van der Waals surface area contributed by atoms with Crippen molar-refractivity contribution >= 4 is 0 Å². The van der Waals surface area contributed by atoms with Crippen molar-refractivity contribution in [2.75, 3.05) is 0 Å². The molecule has 0 radical (unpaired) electrons. The minimum absolute atomic E-state index is 0.325. The van der Waals surface area contributed by atoms with Crippen LogP contribution in [0, 0.1) is 12.8 Å². The first-order chi connectivity index (χ1) is 7.79. The molecule has 1 aromatic carbocycles. The summed E-state index contributed by atoms with van der Waals surface area (Å²) < 4.78 is 0. The van der Waals surface area contributed by atoms with Crippen LogP contribution in [0.15, 0.2) is 18.2 Å². The topological polar surface area (TPSA) is 0 Å².